The molecule has 0 aliphatic carbocycles. The van der Waals surface area contributed by atoms with Crippen LogP contribution in [-0.4, -0.2) is 40.8 Å². The summed E-state index contributed by atoms with van der Waals surface area (Å²) >= 11 is 1.87. The zero-order valence-electron chi connectivity index (χ0n) is 10.8. The fourth-order valence-electron chi connectivity index (χ4n) is 2.18. The molecule has 2 rings (SSSR count). The Morgan fingerprint density at radius 1 is 1.65 bits per heavy atom. The summed E-state index contributed by atoms with van der Waals surface area (Å²) in [6.07, 6.45) is 1.10. The molecule has 1 aliphatic rings. The quantitative estimate of drug-likeness (QED) is 0.887. The average Bonchev–Trinajstić information content (AvgIpc) is 2.61. The van der Waals surface area contributed by atoms with E-state index in [1.807, 2.05) is 30.4 Å². The minimum absolute atomic E-state index is 0.485. The smallest absolute Gasteiger partial charge is 0.0943 e. The van der Waals surface area contributed by atoms with E-state index in [1.165, 1.54) is 5.03 Å². The van der Waals surface area contributed by atoms with Gasteiger partial charge in [0, 0.05) is 24.9 Å². The van der Waals surface area contributed by atoms with Crippen molar-refractivity contribution in [1.29, 1.82) is 0 Å². The SMILES string of the molecule is CCNC1CCOCC1Sc1cc(C)nn1C. The molecule has 0 spiro atoms. The summed E-state index contributed by atoms with van der Waals surface area (Å²) in [5.41, 5.74) is 1.08. The summed E-state index contributed by atoms with van der Waals surface area (Å²) < 4.78 is 7.54. The maximum Gasteiger partial charge on any atom is 0.0943 e. The number of rotatable bonds is 4. The van der Waals surface area contributed by atoms with Gasteiger partial charge in [0.1, 0.15) is 0 Å². The van der Waals surface area contributed by atoms with Crippen molar-refractivity contribution in [3.05, 3.63) is 11.8 Å². The van der Waals surface area contributed by atoms with Crippen molar-refractivity contribution in [2.45, 2.75) is 36.6 Å². The Morgan fingerprint density at radius 2 is 2.47 bits per heavy atom. The third-order valence-electron chi connectivity index (χ3n) is 3.00. The molecule has 1 N–H and O–H groups in total. The van der Waals surface area contributed by atoms with Crippen LogP contribution in [0.1, 0.15) is 19.0 Å². The Kier molecular flexibility index (Phi) is 4.48. The first-order chi connectivity index (χ1) is 8.20. The fourth-order valence-corrected chi connectivity index (χ4v) is 3.48. The molecule has 2 heterocycles. The van der Waals surface area contributed by atoms with Crippen molar-refractivity contribution < 1.29 is 4.74 Å². The second kappa shape index (κ2) is 5.89. The highest BCUT2D eigenvalue weighted by Crippen LogP contribution is 2.29. The Hall–Kier alpha value is -0.520. The van der Waals surface area contributed by atoms with E-state index in [0.29, 0.717) is 11.3 Å². The Morgan fingerprint density at radius 3 is 3.12 bits per heavy atom. The predicted octanol–water partition coefficient (Wildman–Crippen LogP) is 1.59. The number of aromatic nitrogens is 2. The lowest BCUT2D eigenvalue weighted by atomic mass is 10.1. The van der Waals surface area contributed by atoms with Gasteiger partial charge in [0.15, 0.2) is 0 Å². The van der Waals surface area contributed by atoms with Crippen LogP contribution in [0.2, 0.25) is 0 Å². The van der Waals surface area contributed by atoms with Crippen LogP contribution in [0.15, 0.2) is 11.1 Å². The summed E-state index contributed by atoms with van der Waals surface area (Å²) in [4.78, 5) is 0. The number of thioether (sulfide) groups is 1. The third-order valence-corrected chi connectivity index (χ3v) is 4.39. The summed E-state index contributed by atoms with van der Waals surface area (Å²) in [5.74, 6) is 0. The van der Waals surface area contributed by atoms with E-state index in [2.05, 4.69) is 23.4 Å². The molecule has 0 radical (unpaired) electrons. The predicted molar refractivity (Wildman–Crippen MR) is 70.5 cm³/mol. The average molecular weight is 255 g/mol. The van der Waals surface area contributed by atoms with Gasteiger partial charge >= 0.3 is 0 Å². The van der Waals surface area contributed by atoms with Crippen LogP contribution in [0.4, 0.5) is 0 Å². The first kappa shape index (κ1) is 12.9. The maximum atomic E-state index is 5.59. The molecule has 1 fully saturated rings. The van der Waals surface area contributed by atoms with Crippen molar-refractivity contribution >= 4 is 11.8 Å². The number of hydrogen-bond acceptors (Lipinski definition) is 4. The van der Waals surface area contributed by atoms with E-state index in [4.69, 9.17) is 4.74 Å². The molecule has 0 aromatic carbocycles. The summed E-state index contributed by atoms with van der Waals surface area (Å²) in [6.45, 7) is 6.91. The molecule has 0 bridgehead atoms. The second-order valence-electron chi connectivity index (χ2n) is 4.43. The zero-order valence-corrected chi connectivity index (χ0v) is 11.6. The van der Waals surface area contributed by atoms with Gasteiger partial charge in [0.2, 0.25) is 0 Å². The highest BCUT2D eigenvalue weighted by atomic mass is 32.2. The van der Waals surface area contributed by atoms with Gasteiger partial charge in [0.25, 0.3) is 0 Å². The van der Waals surface area contributed by atoms with Crippen molar-refractivity contribution in [2.75, 3.05) is 19.8 Å². The van der Waals surface area contributed by atoms with Gasteiger partial charge in [-0.05, 0) is 26.0 Å². The lowest BCUT2D eigenvalue weighted by molar-refractivity contribution is 0.0836. The minimum Gasteiger partial charge on any atom is -0.380 e. The number of ether oxygens (including phenoxy) is 1. The zero-order chi connectivity index (χ0) is 12.3. The first-order valence-electron chi connectivity index (χ1n) is 6.19. The van der Waals surface area contributed by atoms with Crippen LogP contribution >= 0.6 is 11.8 Å². The van der Waals surface area contributed by atoms with E-state index in [0.717, 1.165) is 31.9 Å². The van der Waals surface area contributed by atoms with Gasteiger partial charge in [-0.25, -0.2) is 0 Å². The molecular formula is C12H21N3OS. The first-order valence-corrected chi connectivity index (χ1v) is 7.07. The minimum atomic E-state index is 0.485. The van der Waals surface area contributed by atoms with E-state index < -0.39 is 0 Å². The summed E-state index contributed by atoms with van der Waals surface area (Å²) in [6, 6.07) is 2.69. The molecule has 0 amide bonds. The number of nitrogens with zero attached hydrogens (tertiary/aromatic N) is 2. The molecule has 1 aliphatic heterocycles. The molecule has 17 heavy (non-hydrogen) atoms. The van der Waals surface area contributed by atoms with Crippen molar-refractivity contribution in [3.63, 3.8) is 0 Å². The van der Waals surface area contributed by atoms with Crippen molar-refractivity contribution in [3.8, 4) is 0 Å². The van der Waals surface area contributed by atoms with Gasteiger partial charge < -0.3 is 10.1 Å². The molecule has 96 valence electrons. The highest BCUT2D eigenvalue weighted by molar-refractivity contribution is 8.00. The standard InChI is InChI=1S/C12H21N3OS/c1-4-13-10-5-6-16-8-11(10)17-12-7-9(2)14-15(12)3/h7,10-11,13H,4-6,8H2,1-3H3. The number of aryl methyl sites for hydroxylation is 2. The van der Waals surface area contributed by atoms with Crippen LogP contribution in [0, 0.1) is 6.92 Å². The summed E-state index contributed by atoms with van der Waals surface area (Å²) in [7, 11) is 2.00. The lowest BCUT2D eigenvalue weighted by Crippen LogP contribution is -2.44. The molecule has 5 heteroatoms. The van der Waals surface area contributed by atoms with Gasteiger partial charge in [-0.3, -0.25) is 4.68 Å². The van der Waals surface area contributed by atoms with E-state index in [-0.39, 0.29) is 0 Å². The van der Waals surface area contributed by atoms with Crippen LogP contribution in [0.3, 0.4) is 0 Å². The summed E-state index contributed by atoms with van der Waals surface area (Å²) in [5, 5.41) is 9.64. The fraction of sp³-hybridized carbons (Fsp3) is 0.750. The molecule has 1 saturated heterocycles. The Labute approximate surface area is 107 Å². The number of hydrogen-bond donors (Lipinski definition) is 1. The monoisotopic (exact) mass is 255 g/mol. The van der Waals surface area contributed by atoms with Gasteiger partial charge in [-0.2, -0.15) is 5.10 Å². The second-order valence-corrected chi connectivity index (χ2v) is 5.69. The Balaban J connectivity index is 2.02. The number of nitrogens with one attached hydrogen (secondary N) is 1. The van der Waals surface area contributed by atoms with Crippen molar-refractivity contribution in [1.82, 2.24) is 15.1 Å². The van der Waals surface area contributed by atoms with Crippen LogP contribution in [0.5, 0.6) is 0 Å². The molecule has 1 aromatic heterocycles. The van der Waals surface area contributed by atoms with Gasteiger partial charge in [-0.1, -0.05) is 18.7 Å². The molecule has 2 unspecified atom stereocenters. The maximum absolute atomic E-state index is 5.59. The molecule has 2 atom stereocenters. The van der Waals surface area contributed by atoms with E-state index in [9.17, 15) is 0 Å². The normalized spacial score (nSPS) is 25.1. The van der Waals surface area contributed by atoms with E-state index in [1.54, 1.807) is 0 Å². The molecule has 1 aromatic rings. The molecule has 0 saturated carbocycles. The highest BCUT2D eigenvalue weighted by Gasteiger charge is 2.26. The van der Waals surface area contributed by atoms with Gasteiger partial charge in [-0.15, -0.1) is 0 Å². The van der Waals surface area contributed by atoms with Crippen LogP contribution in [0.25, 0.3) is 0 Å². The Bertz CT molecular complexity index is 365. The largest absolute Gasteiger partial charge is 0.380 e. The molecule has 4 nitrogen and oxygen atoms in total. The topological polar surface area (TPSA) is 39.1 Å². The van der Waals surface area contributed by atoms with Crippen LogP contribution in [-0.2, 0) is 11.8 Å². The van der Waals surface area contributed by atoms with Gasteiger partial charge in [0.05, 0.1) is 17.3 Å². The van der Waals surface area contributed by atoms with Crippen molar-refractivity contribution in [2.24, 2.45) is 7.05 Å². The van der Waals surface area contributed by atoms with Crippen LogP contribution < -0.4 is 5.32 Å². The molecular weight excluding hydrogens is 234 g/mol. The third kappa shape index (κ3) is 3.24. The van der Waals surface area contributed by atoms with E-state index >= 15 is 0 Å². The lowest BCUT2D eigenvalue weighted by Gasteiger charge is -2.31.